The van der Waals surface area contributed by atoms with Gasteiger partial charge in [-0.3, -0.25) is 4.79 Å². The van der Waals surface area contributed by atoms with Crippen molar-refractivity contribution in [3.8, 4) is 0 Å². The number of benzene rings is 1. The summed E-state index contributed by atoms with van der Waals surface area (Å²) in [7, 11) is 1.70. The fourth-order valence-electron chi connectivity index (χ4n) is 1.95. The van der Waals surface area contributed by atoms with Crippen molar-refractivity contribution in [3.05, 3.63) is 35.9 Å². The number of esters is 2. The van der Waals surface area contributed by atoms with Crippen molar-refractivity contribution in [2.24, 2.45) is 5.92 Å². The minimum absolute atomic E-state index is 0.170. The Hall–Kier alpha value is -1.88. The molecule has 1 aromatic rings. The lowest BCUT2D eigenvalue weighted by atomic mass is 10.0. The van der Waals surface area contributed by atoms with Crippen molar-refractivity contribution in [2.75, 3.05) is 7.05 Å². The molecule has 0 saturated heterocycles. The second-order valence-corrected chi connectivity index (χ2v) is 5.64. The number of hydrogen-bond acceptors (Lipinski definition) is 5. The van der Waals surface area contributed by atoms with Crippen molar-refractivity contribution in [1.82, 2.24) is 5.32 Å². The minimum atomic E-state index is -0.917. The lowest BCUT2D eigenvalue weighted by Crippen LogP contribution is -2.39. The van der Waals surface area contributed by atoms with Gasteiger partial charge in [-0.25, -0.2) is 4.79 Å². The summed E-state index contributed by atoms with van der Waals surface area (Å²) in [6.07, 6.45) is -0.263. The fourth-order valence-corrected chi connectivity index (χ4v) is 1.95. The first-order valence-corrected chi connectivity index (χ1v) is 7.52. The van der Waals surface area contributed by atoms with Crippen LogP contribution in [0.5, 0.6) is 0 Å². The third-order valence-electron chi connectivity index (χ3n) is 3.19. The lowest BCUT2D eigenvalue weighted by Gasteiger charge is -2.19. The molecular weight excluding hydrogens is 282 g/mol. The molecule has 1 aromatic carbocycles. The number of likely N-dealkylation sites (N-methyl/N-ethyl adjacent to an activating group) is 1. The highest BCUT2D eigenvalue weighted by Crippen LogP contribution is 2.09. The minimum Gasteiger partial charge on any atom is -0.458 e. The molecule has 0 saturated carbocycles. The molecule has 0 amide bonds. The van der Waals surface area contributed by atoms with E-state index in [1.165, 1.54) is 6.92 Å². The number of hydrogen-bond donors (Lipinski definition) is 1. The van der Waals surface area contributed by atoms with Gasteiger partial charge in [0.2, 0.25) is 0 Å². The first kappa shape index (κ1) is 18.2. The second kappa shape index (κ2) is 9.20. The Morgan fingerprint density at radius 3 is 2.27 bits per heavy atom. The fraction of sp³-hybridized carbons (Fsp3) is 0.529. The molecule has 0 heterocycles. The Labute approximate surface area is 132 Å². The van der Waals surface area contributed by atoms with Crippen molar-refractivity contribution in [2.45, 2.75) is 45.9 Å². The largest absolute Gasteiger partial charge is 0.458 e. The molecule has 1 N–H and O–H groups in total. The van der Waals surface area contributed by atoms with E-state index in [2.05, 4.69) is 5.32 Å². The third-order valence-corrected chi connectivity index (χ3v) is 3.19. The zero-order valence-electron chi connectivity index (χ0n) is 13.7. The summed E-state index contributed by atoms with van der Waals surface area (Å²) in [6, 6.07) is 8.95. The highest BCUT2D eigenvalue weighted by Gasteiger charge is 2.25. The van der Waals surface area contributed by atoms with Crippen molar-refractivity contribution < 1.29 is 19.1 Å². The topological polar surface area (TPSA) is 64.6 Å². The van der Waals surface area contributed by atoms with Crippen LogP contribution in [-0.4, -0.2) is 31.1 Å². The van der Waals surface area contributed by atoms with E-state index in [9.17, 15) is 9.59 Å². The summed E-state index contributed by atoms with van der Waals surface area (Å²) < 4.78 is 10.3. The smallest absolute Gasteiger partial charge is 0.347 e. The lowest BCUT2D eigenvalue weighted by molar-refractivity contribution is -0.168. The summed E-state index contributed by atoms with van der Waals surface area (Å²) in [6.45, 7) is 5.74. The summed E-state index contributed by atoms with van der Waals surface area (Å²) in [5.74, 6) is -0.623. The van der Waals surface area contributed by atoms with E-state index in [1.807, 2.05) is 44.2 Å². The van der Waals surface area contributed by atoms with Crippen molar-refractivity contribution >= 4 is 11.9 Å². The molecule has 0 fully saturated rings. The maximum Gasteiger partial charge on any atom is 0.347 e. The van der Waals surface area contributed by atoms with E-state index in [-0.39, 0.29) is 6.61 Å². The Morgan fingerprint density at radius 2 is 1.73 bits per heavy atom. The van der Waals surface area contributed by atoms with Gasteiger partial charge in [0.05, 0.1) is 0 Å². The molecule has 0 aliphatic carbocycles. The number of nitrogens with one attached hydrogen (secondary N) is 1. The van der Waals surface area contributed by atoms with E-state index in [0.717, 1.165) is 5.56 Å². The van der Waals surface area contributed by atoms with E-state index in [0.29, 0.717) is 12.3 Å². The summed E-state index contributed by atoms with van der Waals surface area (Å²) in [5.41, 5.74) is 0.891. The van der Waals surface area contributed by atoms with Crippen LogP contribution in [0, 0.1) is 5.92 Å². The molecule has 0 aliphatic heterocycles. The third kappa shape index (κ3) is 6.26. The molecule has 0 spiro atoms. The van der Waals surface area contributed by atoms with E-state index < -0.39 is 24.1 Å². The number of carbonyl (C=O) groups excluding carboxylic acids is 2. The van der Waals surface area contributed by atoms with Crippen molar-refractivity contribution in [1.29, 1.82) is 0 Å². The van der Waals surface area contributed by atoms with Crippen LogP contribution < -0.4 is 5.32 Å². The van der Waals surface area contributed by atoms with Gasteiger partial charge in [-0.2, -0.15) is 0 Å². The van der Waals surface area contributed by atoms with E-state index in [4.69, 9.17) is 9.47 Å². The Kier molecular flexibility index (Phi) is 7.60. The van der Waals surface area contributed by atoms with Gasteiger partial charge in [-0.05, 0) is 31.9 Å². The van der Waals surface area contributed by atoms with Gasteiger partial charge in [0.1, 0.15) is 12.6 Å². The monoisotopic (exact) mass is 307 g/mol. The average molecular weight is 307 g/mol. The van der Waals surface area contributed by atoms with E-state index in [1.54, 1.807) is 7.05 Å². The van der Waals surface area contributed by atoms with Gasteiger partial charge in [-0.1, -0.05) is 44.2 Å². The maximum atomic E-state index is 12.0. The zero-order chi connectivity index (χ0) is 16.5. The molecule has 1 rings (SSSR count). The van der Waals surface area contributed by atoms with Crippen molar-refractivity contribution in [3.63, 3.8) is 0 Å². The predicted octanol–water partition coefficient (Wildman–Crippen LogP) is 2.30. The first-order chi connectivity index (χ1) is 10.4. The van der Waals surface area contributed by atoms with Gasteiger partial charge in [-0.15, -0.1) is 0 Å². The summed E-state index contributed by atoms with van der Waals surface area (Å²) >= 11 is 0. The maximum absolute atomic E-state index is 12.0. The van der Waals surface area contributed by atoms with Crippen LogP contribution in [0.3, 0.4) is 0 Å². The highest BCUT2D eigenvalue weighted by molar-refractivity contribution is 5.81. The molecule has 0 aromatic heterocycles. The quantitative estimate of drug-likeness (QED) is 0.747. The standard InChI is InChI=1S/C17H25NO4/c1-12(2)10-15(18-4)17(20)22-13(3)16(19)21-11-14-8-6-5-7-9-14/h5-9,12-13,15,18H,10-11H2,1-4H3/t13?,15-/m1/s1. The Morgan fingerprint density at radius 1 is 1.09 bits per heavy atom. The summed E-state index contributed by atoms with van der Waals surface area (Å²) in [5, 5.41) is 2.91. The Balaban J connectivity index is 2.44. The molecule has 22 heavy (non-hydrogen) atoms. The molecule has 0 radical (unpaired) electrons. The summed E-state index contributed by atoms with van der Waals surface area (Å²) in [4.78, 5) is 23.9. The molecule has 122 valence electrons. The second-order valence-electron chi connectivity index (χ2n) is 5.64. The molecule has 2 atom stereocenters. The first-order valence-electron chi connectivity index (χ1n) is 7.52. The number of rotatable bonds is 8. The van der Waals surface area contributed by atoms with Crippen LogP contribution in [0.15, 0.2) is 30.3 Å². The number of carbonyl (C=O) groups is 2. The highest BCUT2D eigenvalue weighted by atomic mass is 16.6. The molecule has 5 heteroatoms. The van der Waals surface area contributed by atoms with Gasteiger partial charge in [0.25, 0.3) is 0 Å². The molecule has 0 aliphatic rings. The van der Waals surface area contributed by atoms with Crippen LogP contribution in [-0.2, 0) is 25.7 Å². The van der Waals surface area contributed by atoms with Crippen LogP contribution in [0.1, 0.15) is 32.8 Å². The van der Waals surface area contributed by atoms with Gasteiger partial charge < -0.3 is 14.8 Å². The SMILES string of the molecule is CN[C@H](CC(C)C)C(=O)OC(C)C(=O)OCc1ccccc1. The van der Waals surface area contributed by atoms with Crippen LogP contribution in [0.2, 0.25) is 0 Å². The average Bonchev–Trinajstić information content (AvgIpc) is 2.50. The molecule has 5 nitrogen and oxygen atoms in total. The zero-order valence-corrected chi connectivity index (χ0v) is 13.7. The van der Waals surface area contributed by atoms with Gasteiger partial charge in [0.15, 0.2) is 6.10 Å². The van der Waals surface area contributed by atoms with Crippen LogP contribution >= 0.6 is 0 Å². The predicted molar refractivity (Wildman–Crippen MR) is 84.1 cm³/mol. The molecule has 0 bridgehead atoms. The molecule has 1 unspecified atom stereocenters. The van der Waals surface area contributed by atoms with E-state index >= 15 is 0 Å². The number of ether oxygens (including phenoxy) is 2. The van der Waals surface area contributed by atoms with Gasteiger partial charge in [0, 0.05) is 0 Å². The normalized spacial score (nSPS) is 13.5. The Bertz CT molecular complexity index is 473. The molecular formula is C17H25NO4. The van der Waals surface area contributed by atoms with Gasteiger partial charge >= 0.3 is 11.9 Å². The van der Waals surface area contributed by atoms with Crippen LogP contribution in [0.4, 0.5) is 0 Å². The van der Waals surface area contributed by atoms with Crippen LogP contribution in [0.25, 0.3) is 0 Å².